The fraction of sp³-hybridized carbons (Fsp3) is 0.722. The van der Waals surface area contributed by atoms with Gasteiger partial charge in [-0.25, -0.2) is 4.98 Å². The van der Waals surface area contributed by atoms with Gasteiger partial charge in [0.1, 0.15) is 5.82 Å². The van der Waals surface area contributed by atoms with Crippen molar-refractivity contribution >= 4 is 23.5 Å². The third-order valence-electron chi connectivity index (χ3n) is 5.73. The summed E-state index contributed by atoms with van der Waals surface area (Å²) in [5.41, 5.74) is 0. The molecular weight excluding hydrogens is 320 g/mol. The van der Waals surface area contributed by atoms with Crippen molar-refractivity contribution in [3.8, 4) is 0 Å². The molecule has 24 heavy (non-hydrogen) atoms. The van der Waals surface area contributed by atoms with E-state index in [4.69, 9.17) is 0 Å². The predicted octanol–water partition coefficient (Wildman–Crippen LogP) is 2.58. The molecule has 6 heteroatoms. The second kappa shape index (κ2) is 7.30. The number of aromatic nitrogens is 2. The van der Waals surface area contributed by atoms with Crippen molar-refractivity contribution < 1.29 is 4.79 Å². The molecule has 0 spiro atoms. The van der Waals surface area contributed by atoms with Crippen molar-refractivity contribution in [2.45, 2.75) is 49.8 Å². The van der Waals surface area contributed by atoms with Crippen LogP contribution in [0.1, 0.15) is 38.5 Å². The fourth-order valence-electron chi connectivity index (χ4n) is 4.41. The molecule has 3 fully saturated rings. The summed E-state index contributed by atoms with van der Waals surface area (Å²) in [6, 6.07) is 0.503. The van der Waals surface area contributed by atoms with Gasteiger partial charge < -0.3 is 9.80 Å². The average molecular weight is 347 g/mol. The summed E-state index contributed by atoms with van der Waals surface area (Å²) in [5, 5.41) is 0.691. The van der Waals surface area contributed by atoms with Crippen molar-refractivity contribution in [3.05, 3.63) is 18.6 Å². The van der Waals surface area contributed by atoms with Gasteiger partial charge in [-0.3, -0.25) is 9.78 Å². The molecule has 2 aliphatic heterocycles. The molecule has 3 aliphatic rings. The van der Waals surface area contributed by atoms with Crippen LogP contribution in [0.5, 0.6) is 0 Å². The lowest BCUT2D eigenvalue weighted by molar-refractivity contribution is -0.139. The van der Waals surface area contributed by atoms with Crippen LogP contribution in [-0.2, 0) is 4.79 Å². The zero-order valence-electron chi connectivity index (χ0n) is 14.1. The van der Waals surface area contributed by atoms with Crippen molar-refractivity contribution in [2.75, 3.05) is 30.3 Å². The van der Waals surface area contributed by atoms with E-state index < -0.39 is 0 Å². The maximum atomic E-state index is 13.1. The monoisotopic (exact) mass is 346 g/mol. The van der Waals surface area contributed by atoms with Gasteiger partial charge in [-0.15, -0.1) is 0 Å². The lowest BCUT2D eigenvalue weighted by atomic mass is 9.90. The Bertz CT molecular complexity index is 559. The van der Waals surface area contributed by atoms with E-state index in [2.05, 4.69) is 31.5 Å². The second-order valence-electron chi connectivity index (χ2n) is 7.12. The van der Waals surface area contributed by atoms with Crippen LogP contribution in [-0.4, -0.2) is 57.5 Å². The first-order chi connectivity index (χ1) is 11.8. The summed E-state index contributed by atoms with van der Waals surface area (Å²) in [4.78, 5) is 26.2. The van der Waals surface area contributed by atoms with Crippen molar-refractivity contribution in [1.82, 2.24) is 14.9 Å². The molecule has 0 N–H and O–H groups in total. The standard InChI is InChI=1S/C18H26N4OS/c23-18(22-11-12-24-16-4-2-1-3-15(16)22)14-5-9-21(10-6-14)17-13-19-7-8-20-17/h7-8,13-16H,1-6,9-12H2. The number of anilines is 1. The van der Waals surface area contributed by atoms with E-state index in [9.17, 15) is 4.79 Å². The number of carbonyl (C=O) groups is 1. The summed E-state index contributed by atoms with van der Waals surface area (Å²) in [7, 11) is 0. The molecule has 5 nitrogen and oxygen atoms in total. The summed E-state index contributed by atoms with van der Waals surface area (Å²) in [6.07, 6.45) is 12.3. The van der Waals surface area contributed by atoms with Gasteiger partial charge in [0.25, 0.3) is 0 Å². The lowest BCUT2D eigenvalue weighted by Crippen LogP contribution is -2.54. The SMILES string of the molecule is O=C(C1CCN(c2cnccn2)CC1)N1CCSC2CCCCC21. The van der Waals surface area contributed by atoms with Gasteiger partial charge in [0.15, 0.2) is 0 Å². The Morgan fingerprint density at radius 2 is 1.92 bits per heavy atom. The Morgan fingerprint density at radius 1 is 1.08 bits per heavy atom. The third kappa shape index (κ3) is 3.25. The first kappa shape index (κ1) is 16.2. The maximum Gasteiger partial charge on any atom is 0.226 e. The van der Waals surface area contributed by atoms with E-state index >= 15 is 0 Å². The number of nitrogens with zero attached hydrogens (tertiary/aromatic N) is 4. The molecule has 1 amide bonds. The van der Waals surface area contributed by atoms with Crippen LogP contribution in [0, 0.1) is 5.92 Å². The molecule has 1 saturated carbocycles. The fourth-order valence-corrected chi connectivity index (χ4v) is 5.86. The van der Waals surface area contributed by atoms with Gasteiger partial charge in [-0.05, 0) is 25.7 Å². The lowest BCUT2D eigenvalue weighted by Gasteiger charge is -2.45. The number of amides is 1. The van der Waals surface area contributed by atoms with Crippen LogP contribution in [0.2, 0.25) is 0 Å². The van der Waals surface area contributed by atoms with E-state index in [1.807, 2.05) is 6.20 Å². The van der Waals surface area contributed by atoms with Gasteiger partial charge in [0, 0.05) is 55.0 Å². The first-order valence-electron chi connectivity index (χ1n) is 9.26. The minimum atomic E-state index is 0.198. The highest BCUT2D eigenvalue weighted by Gasteiger charge is 2.39. The zero-order chi connectivity index (χ0) is 16.4. The Balaban J connectivity index is 1.37. The number of fused-ring (bicyclic) bond motifs is 1. The number of carbonyl (C=O) groups excluding carboxylic acids is 1. The van der Waals surface area contributed by atoms with E-state index in [1.165, 1.54) is 25.7 Å². The Kier molecular flexibility index (Phi) is 4.92. The molecule has 2 unspecified atom stereocenters. The van der Waals surface area contributed by atoms with Crippen LogP contribution in [0.4, 0.5) is 5.82 Å². The van der Waals surface area contributed by atoms with E-state index in [0.717, 1.165) is 44.0 Å². The summed E-state index contributed by atoms with van der Waals surface area (Å²) >= 11 is 2.10. The highest BCUT2D eigenvalue weighted by molar-refractivity contribution is 8.00. The van der Waals surface area contributed by atoms with Crippen LogP contribution in [0.3, 0.4) is 0 Å². The van der Waals surface area contributed by atoms with Crippen LogP contribution in [0.25, 0.3) is 0 Å². The molecule has 1 aromatic rings. The third-order valence-corrected chi connectivity index (χ3v) is 7.13. The Morgan fingerprint density at radius 3 is 2.71 bits per heavy atom. The predicted molar refractivity (Wildman–Crippen MR) is 97.2 cm³/mol. The molecule has 130 valence electrons. The maximum absolute atomic E-state index is 13.1. The quantitative estimate of drug-likeness (QED) is 0.824. The number of hydrogen-bond acceptors (Lipinski definition) is 5. The van der Waals surface area contributed by atoms with Gasteiger partial charge in [0.05, 0.1) is 6.20 Å². The van der Waals surface area contributed by atoms with E-state index in [0.29, 0.717) is 17.2 Å². The van der Waals surface area contributed by atoms with Crippen LogP contribution < -0.4 is 4.90 Å². The topological polar surface area (TPSA) is 49.3 Å². The van der Waals surface area contributed by atoms with Gasteiger partial charge in [-0.1, -0.05) is 12.8 Å². The Hall–Kier alpha value is -1.30. The summed E-state index contributed by atoms with van der Waals surface area (Å²) in [5.74, 6) is 2.67. The molecule has 2 saturated heterocycles. The number of piperidine rings is 1. The van der Waals surface area contributed by atoms with Crippen LogP contribution in [0.15, 0.2) is 18.6 Å². The van der Waals surface area contributed by atoms with E-state index in [1.54, 1.807) is 12.4 Å². The minimum absolute atomic E-state index is 0.198. The van der Waals surface area contributed by atoms with Gasteiger partial charge in [-0.2, -0.15) is 11.8 Å². The number of hydrogen-bond donors (Lipinski definition) is 0. The minimum Gasteiger partial charge on any atom is -0.355 e. The summed E-state index contributed by atoms with van der Waals surface area (Å²) in [6.45, 7) is 2.77. The second-order valence-corrected chi connectivity index (χ2v) is 8.46. The largest absolute Gasteiger partial charge is 0.355 e. The average Bonchev–Trinajstić information content (AvgIpc) is 2.68. The highest BCUT2D eigenvalue weighted by atomic mass is 32.2. The van der Waals surface area contributed by atoms with Crippen molar-refractivity contribution in [2.24, 2.45) is 5.92 Å². The molecule has 0 aromatic carbocycles. The summed E-state index contributed by atoms with van der Waals surface area (Å²) < 4.78 is 0. The first-order valence-corrected chi connectivity index (χ1v) is 10.3. The molecule has 0 radical (unpaired) electrons. The normalized spacial score (nSPS) is 28.5. The van der Waals surface area contributed by atoms with Crippen LogP contribution >= 0.6 is 11.8 Å². The highest BCUT2D eigenvalue weighted by Crippen LogP contribution is 2.37. The molecular formula is C18H26N4OS. The molecule has 4 rings (SSSR count). The molecule has 1 aliphatic carbocycles. The van der Waals surface area contributed by atoms with Crippen molar-refractivity contribution in [1.29, 1.82) is 0 Å². The Labute approximate surface area is 148 Å². The number of thioether (sulfide) groups is 1. The molecule has 0 bridgehead atoms. The molecule has 3 heterocycles. The van der Waals surface area contributed by atoms with Gasteiger partial charge in [0.2, 0.25) is 5.91 Å². The van der Waals surface area contributed by atoms with Crippen molar-refractivity contribution in [3.63, 3.8) is 0 Å². The van der Waals surface area contributed by atoms with Gasteiger partial charge >= 0.3 is 0 Å². The smallest absolute Gasteiger partial charge is 0.226 e. The zero-order valence-corrected chi connectivity index (χ0v) is 15.0. The number of rotatable bonds is 2. The van der Waals surface area contributed by atoms with E-state index in [-0.39, 0.29) is 5.92 Å². The molecule has 2 atom stereocenters. The molecule has 1 aromatic heterocycles.